The first-order chi connectivity index (χ1) is 8.15. The highest BCUT2D eigenvalue weighted by atomic mass is 16.5. The van der Waals surface area contributed by atoms with E-state index in [1.807, 2.05) is 0 Å². The Balaban J connectivity index is 1.71. The number of rotatable bonds is 3. The van der Waals surface area contributed by atoms with E-state index in [1.165, 1.54) is 51.9 Å². The van der Waals surface area contributed by atoms with Crippen molar-refractivity contribution in [3.05, 3.63) is 0 Å². The first-order valence-electron chi connectivity index (χ1n) is 7.23. The minimum Gasteiger partial charge on any atom is -0.375 e. The van der Waals surface area contributed by atoms with Crippen molar-refractivity contribution in [1.29, 1.82) is 0 Å². The molecular formula is C14H28N2O. The van der Waals surface area contributed by atoms with Crippen molar-refractivity contribution >= 4 is 0 Å². The third kappa shape index (κ3) is 3.94. The van der Waals surface area contributed by atoms with Crippen molar-refractivity contribution in [3.63, 3.8) is 0 Å². The molecule has 3 heteroatoms. The topological polar surface area (TPSA) is 15.7 Å². The fraction of sp³-hybridized carbons (Fsp3) is 1.00. The molecule has 0 spiro atoms. The van der Waals surface area contributed by atoms with Crippen LogP contribution in [0.4, 0.5) is 0 Å². The van der Waals surface area contributed by atoms with E-state index in [-0.39, 0.29) is 0 Å². The van der Waals surface area contributed by atoms with Gasteiger partial charge in [0, 0.05) is 19.1 Å². The van der Waals surface area contributed by atoms with Gasteiger partial charge in [0.2, 0.25) is 0 Å². The van der Waals surface area contributed by atoms with Crippen LogP contribution in [0.5, 0.6) is 0 Å². The average molecular weight is 240 g/mol. The molecule has 0 N–H and O–H groups in total. The Morgan fingerprint density at radius 2 is 1.53 bits per heavy atom. The highest BCUT2D eigenvalue weighted by Crippen LogP contribution is 2.22. The SMILES string of the molecule is CC(C)OC1CCN(C2CCN(C)CC2)CC1. The molecule has 0 aliphatic carbocycles. The lowest BCUT2D eigenvalue weighted by Crippen LogP contribution is -2.48. The molecule has 0 atom stereocenters. The number of nitrogens with zero attached hydrogens (tertiary/aromatic N) is 2. The van der Waals surface area contributed by atoms with Crippen LogP contribution in [0, 0.1) is 0 Å². The maximum atomic E-state index is 5.91. The molecule has 0 aromatic heterocycles. The monoisotopic (exact) mass is 240 g/mol. The van der Waals surface area contributed by atoms with Gasteiger partial charge >= 0.3 is 0 Å². The van der Waals surface area contributed by atoms with Crippen LogP contribution in [-0.4, -0.2) is 61.3 Å². The van der Waals surface area contributed by atoms with E-state index < -0.39 is 0 Å². The Labute approximate surface area is 106 Å². The number of ether oxygens (including phenoxy) is 1. The third-order valence-corrected chi connectivity index (χ3v) is 4.15. The minimum atomic E-state index is 0.384. The van der Waals surface area contributed by atoms with Crippen molar-refractivity contribution < 1.29 is 4.74 Å². The van der Waals surface area contributed by atoms with E-state index in [1.54, 1.807) is 0 Å². The lowest BCUT2D eigenvalue weighted by atomic mass is 9.99. The highest BCUT2D eigenvalue weighted by molar-refractivity contribution is 4.82. The van der Waals surface area contributed by atoms with Crippen LogP contribution in [0.1, 0.15) is 39.5 Å². The first kappa shape index (κ1) is 13.3. The van der Waals surface area contributed by atoms with Gasteiger partial charge in [-0.05, 0) is 59.7 Å². The molecule has 2 fully saturated rings. The van der Waals surface area contributed by atoms with Gasteiger partial charge < -0.3 is 14.5 Å². The zero-order valence-corrected chi connectivity index (χ0v) is 11.7. The van der Waals surface area contributed by atoms with E-state index in [9.17, 15) is 0 Å². The number of likely N-dealkylation sites (tertiary alicyclic amines) is 2. The predicted molar refractivity (Wildman–Crippen MR) is 71.3 cm³/mol. The van der Waals surface area contributed by atoms with Gasteiger partial charge in [0.15, 0.2) is 0 Å². The molecule has 0 amide bonds. The summed E-state index contributed by atoms with van der Waals surface area (Å²) < 4.78 is 5.91. The van der Waals surface area contributed by atoms with E-state index in [2.05, 4.69) is 30.7 Å². The van der Waals surface area contributed by atoms with Gasteiger partial charge in [-0.15, -0.1) is 0 Å². The predicted octanol–water partition coefficient (Wildman–Crippen LogP) is 1.97. The summed E-state index contributed by atoms with van der Waals surface area (Å²) in [6.07, 6.45) is 6.06. The molecule has 2 heterocycles. The maximum absolute atomic E-state index is 5.91. The molecule has 0 aromatic carbocycles. The molecule has 3 nitrogen and oxygen atoms in total. The highest BCUT2D eigenvalue weighted by Gasteiger charge is 2.27. The first-order valence-corrected chi connectivity index (χ1v) is 7.23. The van der Waals surface area contributed by atoms with Gasteiger partial charge in [0.25, 0.3) is 0 Å². The summed E-state index contributed by atoms with van der Waals surface area (Å²) in [7, 11) is 2.24. The largest absolute Gasteiger partial charge is 0.375 e. The summed E-state index contributed by atoms with van der Waals surface area (Å²) in [6, 6.07) is 0.839. The molecule has 100 valence electrons. The van der Waals surface area contributed by atoms with Crippen molar-refractivity contribution in [1.82, 2.24) is 9.80 Å². The fourth-order valence-electron chi connectivity index (χ4n) is 3.12. The molecule has 2 aliphatic heterocycles. The van der Waals surface area contributed by atoms with Crippen LogP contribution in [0.15, 0.2) is 0 Å². The Morgan fingerprint density at radius 3 is 2.06 bits per heavy atom. The summed E-state index contributed by atoms with van der Waals surface area (Å²) in [5.74, 6) is 0. The molecule has 17 heavy (non-hydrogen) atoms. The molecule has 2 aliphatic rings. The summed E-state index contributed by atoms with van der Waals surface area (Å²) in [5.41, 5.74) is 0. The van der Waals surface area contributed by atoms with Crippen LogP contribution in [0.3, 0.4) is 0 Å². The van der Waals surface area contributed by atoms with Gasteiger partial charge in [-0.3, -0.25) is 0 Å². The summed E-state index contributed by atoms with van der Waals surface area (Å²) in [4.78, 5) is 5.15. The zero-order chi connectivity index (χ0) is 12.3. The van der Waals surface area contributed by atoms with Gasteiger partial charge in [-0.25, -0.2) is 0 Å². The van der Waals surface area contributed by atoms with Gasteiger partial charge in [-0.2, -0.15) is 0 Å². The number of hydrogen-bond donors (Lipinski definition) is 0. The second kappa shape index (κ2) is 6.17. The lowest BCUT2D eigenvalue weighted by molar-refractivity contribution is -0.0371. The van der Waals surface area contributed by atoms with E-state index in [0.717, 1.165) is 6.04 Å². The normalized spacial score (nSPS) is 26.8. The van der Waals surface area contributed by atoms with Crippen LogP contribution in [-0.2, 0) is 4.74 Å². The third-order valence-electron chi connectivity index (χ3n) is 4.15. The van der Waals surface area contributed by atoms with E-state index in [4.69, 9.17) is 4.74 Å². The van der Waals surface area contributed by atoms with Crippen molar-refractivity contribution in [2.45, 2.75) is 57.8 Å². The van der Waals surface area contributed by atoms with Crippen LogP contribution in [0.25, 0.3) is 0 Å². The molecule has 0 radical (unpaired) electrons. The molecule has 0 bridgehead atoms. The lowest BCUT2D eigenvalue weighted by Gasteiger charge is -2.41. The zero-order valence-electron chi connectivity index (χ0n) is 11.7. The summed E-state index contributed by atoms with van der Waals surface area (Å²) in [6.45, 7) is 9.31. The fourth-order valence-corrected chi connectivity index (χ4v) is 3.12. The Bertz CT molecular complexity index is 216. The van der Waals surface area contributed by atoms with Gasteiger partial charge in [0.05, 0.1) is 12.2 Å². The van der Waals surface area contributed by atoms with Crippen LogP contribution < -0.4 is 0 Å². The molecule has 0 saturated carbocycles. The van der Waals surface area contributed by atoms with Crippen molar-refractivity contribution in [2.75, 3.05) is 33.2 Å². The maximum Gasteiger partial charge on any atom is 0.0603 e. The van der Waals surface area contributed by atoms with Crippen LogP contribution in [0.2, 0.25) is 0 Å². The molecule has 2 saturated heterocycles. The Hall–Kier alpha value is -0.120. The Morgan fingerprint density at radius 1 is 0.941 bits per heavy atom. The van der Waals surface area contributed by atoms with Gasteiger partial charge in [-0.1, -0.05) is 0 Å². The minimum absolute atomic E-state index is 0.384. The van der Waals surface area contributed by atoms with Gasteiger partial charge in [0.1, 0.15) is 0 Å². The van der Waals surface area contributed by atoms with Crippen molar-refractivity contribution in [3.8, 4) is 0 Å². The summed E-state index contributed by atoms with van der Waals surface area (Å²) >= 11 is 0. The van der Waals surface area contributed by atoms with E-state index >= 15 is 0 Å². The number of piperidine rings is 2. The van der Waals surface area contributed by atoms with E-state index in [0.29, 0.717) is 12.2 Å². The molecule has 0 aromatic rings. The number of hydrogen-bond acceptors (Lipinski definition) is 3. The molecular weight excluding hydrogens is 212 g/mol. The standard InChI is InChI=1S/C14H28N2O/c1-12(2)17-14-6-10-16(11-7-14)13-4-8-15(3)9-5-13/h12-14H,4-11H2,1-3H3. The Kier molecular flexibility index (Phi) is 4.83. The second-order valence-electron chi connectivity index (χ2n) is 5.95. The van der Waals surface area contributed by atoms with Crippen molar-refractivity contribution in [2.24, 2.45) is 0 Å². The molecule has 0 unspecified atom stereocenters. The second-order valence-corrected chi connectivity index (χ2v) is 5.95. The molecule has 2 rings (SSSR count). The smallest absolute Gasteiger partial charge is 0.0603 e. The van der Waals surface area contributed by atoms with Crippen LogP contribution >= 0.6 is 0 Å². The summed E-state index contributed by atoms with van der Waals surface area (Å²) in [5, 5.41) is 0. The average Bonchev–Trinajstić information content (AvgIpc) is 2.30. The quantitative estimate of drug-likeness (QED) is 0.750.